The highest BCUT2D eigenvalue weighted by atomic mass is 16.5. The molecule has 5 nitrogen and oxygen atoms in total. The van der Waals surface area contributed by atoms with Crippen LogP contribution in [0.25, 0.3) is 11.1 Å². The Hall–Kier alpha value is -2.92. The number of nitrogens with two attached hydrogens (primary N) is 1. The molecule has 0 aliphatic carbocycles. The molecule has 3 aromatic rings. The lowest BCUT2D eigenvalue weighted by Gasteiger charge is -2.16. The van der Waals surface area contributed by atoms with E-state index in [0.29, 0.717) is 18.0 Å². The Kier molecular flexibility index (Phi) is 3.63. The summed E-state index contributed by atoms with van der Waals surface area (Å²) in [5.74, 6) is 0.359. The quantitative estimate of drug-likeness (QED) is 0.805. The summed E-state index contributed by atoms with van der Waals surface area (Å²) < 4.78 is 5.05. The number of aromatic nitrogens is 1. The molecule has 0 fully saturated rings. The number of rotatable bonds is 3. The zero-order valence-electron chi connectivity index (χ0n) is 13.1. The second-order valence-electron chi connectivity index (χ2n) is 5.76. The predicted octanol–water partition coefficient (Wildman–Crippen LogP) is 3.00. The summed E-state index contributed by atoms with van der Waals surface area (Å²) in [7, 11) is 0. The fourth-order valence-electron chi connectivity index (χ4n) is 3.18. The topological polar surface area (TPSA) is 72.4 Å². The van der Waals surface area contributed by atoms with Gasteiger partial charge in [-0.15, -0.1) is 0 Å². The maximum atomic E-state index is 12.7. The van der Waals surface area contributed by atoms with Crippen LogP contribution in [-0.2, 0) is 13.0 Å². The minimum absolute atomic E-state index is 0.151. The van der Waals surface area contributed by atoms with Crippen molar-refractivity contribution < 1.29 is 9.32 Å². The zero-order chi connectivity index (χ0) is 16.5. The van der Waals surface area contributed by atoms with Crippen molar-refractivity contribution in [2.75, 3.05) is 11.4 Å². The van der Waals surface area contributed by atoms with Gasteiger partial charge in [0.05, 0.1) is 6.54 Å². The second-order valence-corrected chi connectivity index (χ2v) is 5.76. The van der Waals surface area contributed by atoms with E-state index in [2.05, 4.69) is 23.4 Å². The SMILES string of the molecule is NCc1cc(C(=O)N2CCc3c(-c4ccccc4)cccc32)no1. The third-order valence-electron chi connectivity index (χ3n) is 4.34. The molecule has 0 bridgehead atoms. The van der Waals surface area contributed by atoms with E-state index in [9.17, 15) is 4.79 Å². The molecule has 2 aromatic carbocycles. The van der Waals surface area contributed by atoms with Gasteiger partial charge in [0.15, 0.2) is 11.5 Å². The van der Waals surface area contributed by atoms with Gasteiger partial charge in [-0.3, -0.25) is 4.79 Å². The van der Waals surface area contributed by atoms with Gasteiger partial charge in [0.25, 0.3) is 5.91 Å². The van der Waals surface area contributed by atoms with E-state index in [4.69, 9.17) is 10.3 Å². The van der Waals surface area contributed by atoms with Gasteiger partial charge in [0.1, 0.15) is 0 Å². The van der Waals surface area contributed by atoms with Crippen LogP contribution in [0.1, 0.15) is 21.8 Å². The Morgan fingerprint density at radius 3 is 2.75 bits per heavy atom. The zero-order valence-corrected chi connectivity index (χ0v) is 13.1. The van der Waals surface area contributed by atoms with Crippen LogP contribution in [0.3, 0.4) is 0 Å². The largest absolute Gasteiger partial charge is 0.359 e. The minimum atomic E-state index is -0.151. The average Bonchev–Trinajstić information content (AvgIpc) is 3.28. The lowest BCUT2D eigenvalue weighted by atomic mass is 9.98. The number of hydrogen-bond acceptors (Lipinski definition) is 4. The van der Waals surface area contributed by atoms with E-state index in [1.807, 2.05) is 30.3 Å². The Morgan fingerprint density at radius 2 is 2.00 bits per heavy atom. The number of fused-ring (bicyclic) bond motifs is 1. The molecule has 1 amide bonds. The van der Waals surface area contributed by atoms with Crippen LogP contribution in [0.5, 0.6) is 0 Å². The first-order valence-corrected chi connectivity index (χ1v) is 7.93. The van der Waals surface area contributed by atoms with Crippen molar-refractivity contribution in [3.05, 3.63) is 71.6 Å². The number of carbonyl (C=O) groups is 1. The Morgan fingerprint density at radius 1 is 1.17 bits per heavy atom. The highest BCUT2D eigenvalue weighted by Gasteiger charge is 2.29. The van der Waals surface area contributed by atoms with Gasteiger partial charge in [0, 0.05) is 18.3 Å². The molecule has 0 saturated carbocycles. The summed E-state index contributed by atoms with van der Waals surface area (Å²) in [6, 6.07) is 17.9. The average molecular weight is 319 g/mol. The van der Waals surface area contributed by atoms with E-state index in [-0.39, 0.29) is 12.5 Å². The lowest BCUT2D eigenvalue weighted by Crippen LogP contribution is -2.29. The fraction of sp³-hybridized carbons (Fsp3) is 0.158. The molecule has 0 radical (unpaired) electrons. The number of hydrogen-bond donors (Lipinski definition) is 1. The number of benzene rings is 2. The van der Waals surface area contributed by atoms with Gasteiger partial charge in [0.2, 0.25) is 0 Å². The molecule has 0 atom stereocenters. The first-order valence-electron chi connectivity index (χ1n) is 7.93. The van der Waals surface area contributed by atoms with E-state index >= 15 is 0 Å². The van der Waals surface area contributed by atoms with Gasteiger partial charge in [-0.1, -0.05) is 47.6 Å². The Labute approximate surface area is 139 Å². The van der Waals surface area contributed by atoms with Gasteiger partial charge >= 0.3 is 0 Å². The Bertz CT molecular complexity index is 887. The molecule has 1 aromatic heterocycles. The summed E-state index contributed by atoms with van der Waals surface area (Å²) in [6.07, 6.45) is 0.827. The van der Waals surface area contributed by atoms with Crippen LogP contribution < -0.4 is 10.6 Å². The van der Waals surface area contributed by atoms with Crippen LogP contribution in [0, 0.1) is 0 Å². The van der Waals surface area contributed by atoms with Gasteiger partial charge in [-0.05, 0) is 29.2 Å². The van der Waals surface area contributed by atoms with Crippen molar-refractivity contribution in [2.45, 2.75) is 13.0 Å². The molecule has 5 heteroatoms. The van der Waals surface area contributed by atoms with Crippen LogP contribution in [0.2, 0.25) is 0 Å². The van der Waals surface area contributed by atoms with E-state index in [1.54, 1.807) is 11.0 Å². The lowest BCUT2D eigenvalue weighted by molar-refractivity contribution is 0.0980. The number of carbonyl (C=O) groups excluding carboxylic acids is 1. The van der Waals surface area contributed by atoms with Crippen molar-refractivity contribution >= 4 is 11.6 Å². The van der Waals surface area contributed by atoms with E-state index in [0.717, 1.165) is 17.7 Å². The van der Waals surface area contributed by atoms with Crippen LogP contribution >= 0.6 is 0 Å². The summed E-state index contributed by atoms with van der Waals surface area (Å²) in [5, 5.41) is 3.84. The molecule has 1 aliphatic rings. The summed E-state index contributed by atoms with van der Waals surface area (Å²) in [5.41, 5.74) is 10.3. The second kappa shape index (κ2) is 5.94. The van der Waals surface area contributed by atoms with Crippen LogP contribution in [-0.4, -0.2) is 17.6 Å². The minimum Gasteiger partial charge on any atom is -0.359 e. The van der Waals surface area contributed by atoms with Gasteiger partial charge < -0.3 is 15.2 Å². The van der Waals surface area contributed by atoms with Crippen LogP contribution in [0.15, 0.2) is 59.1 Å². The molecule has 0 spiro atoms. The molecule has 2 heterocycles. The van der Waals surface area contributed by atoms with E-state index in [1.165, 1.54) is 11.1 Å². The van der Waals surface area contributed by atoms with Crippen LogP contribution in [0.4, 0.5) is 5.69 Å². The number of anilines is 1. The Balaban J connectivity index is 1.71. The number of amides is 1. The molecule has 1 aliphatic heterocycles. The fourth-order valence-corrected chi connectivity index (χ4v) is 3.18. The molecule has 24 heavy (non-hydrogen) atoms. The third-order valence-corrected chi connectivity index (χ3v) is 4.34. The van der Waals surface area contributed by atoms with Crippen molar-refractivity contribution in [1.29, 1.82) is 0 Å². The molecule has 4 rings (SSSR count). The van der Waals surface area contributed by atoms with Gasteiger partial charge in [-0.2, -0.15) is 0 Å². The normalized spacial score (nSPS) is 13.1. The first kappa shape index (κ1) is 14.7. The molecule has 0 unspecified atom stereocenters. The number of nitrogens with zero attached hydrogens (tertiary/aromatic N) is 2. The third kappa shape index (κ3) is 2.39. The maximum Gasteiger partial charge on any atom is 0.280 e. The van der Waals surface area contributed by atoms with Crippen molar-refractivity contribution in [1.82, 2.24) is 5.16 Å². The van der Waals surface area contributed by atoms with Crippen molar-refractivity contribution in [2.24, 2.45) is 5.73 Å². The highest BCUT2D eigenvalue weighted by molar-refractivity contribution is 6.06. The van der Waals surface area contributed by atoms with E-state index < -0.39 is 0 Å². The standard InChI is InChI=1S/C19H17N3O2/c20-12-14-11-17(21-24-14)19(23)22-10-9-16-15(7-4-8-18(16)22)13-5-2-1-3-6-13/h1-8,11H,9-10,12,20H2. The summed E-state index contributed by atoms with van der Waals surface area (Å²) in [4.78, 5) is 14.5. The maximum absolute atomic E-state index is 12.7. The molecule has 0 saturated heterocycles. The highest BCUT2D eigenvalue weighted by Crippen LogP contribution is 2.36. The summed E-state index contributed by atoms with van der Waals surface area (Å²) in [6.45, 7) is 0.873. The monoisotopic (exact) mass is 319 g/mol. The van der Waals surface area contributed by atoms with Crippen molar-refractivity contribution in [3.63, 3.8) is 0 Å². The molecule has 120 valence electrons. The smallest absolute Gasteiger partial charge is 0.280 e. The predicted molar refractivity (Wildman–Crippen MR) is 91.7 cm³/mol. The van der Waals surface area contributed by atoms with Gasteiger partial charge in [-0.25, -0.2) is 0 Å². The molecular weight excluding hydrogens is 302 g/mol. The summed E-state index contributed by atoms with van der Waals surface area (Å²) >= 11 is 0. The first-order chi connectivity index (χ1) is 11.8. The molecule has 2 N–H and O–H groups in total. The molecular formula is C19H17N3O2. The van der Waals surface area contributed by atoms with Crippen molar-refractivity contribution in [3.8, 4) is 11.1 Å².